The zero-order valence-electron chi connectivity index (χ0n) is 17.5. The average molecular weight is 461 g/mol. The van der Waals surface area contributed by atoms with Crippen molar-refractivity contribution in [2.75, 3.05) is 13.1 Å². The molecule has 1 amide bonds. The van der Waals surface area contributed by atoms with Gasteiger partial charge in [-0.1, -0.05) is 48.0 Å². The smallest absolute Gasteiger partial charge is 0.242 e. The zero-order chi connectivity index (χ0) is 22.2. The zero-order valence-corrected chi connectivity index (χ0v) is 19.1. The van der Waals surface area contributed by atoms with Gasteiger partial charge in [0.15, 0.2) is 9.84 Å². The fraction of sp³-hybridized carbons (Fsp3) is 0.348. The summed E-state index contributed by atoms with van der Waals surface area (Å²) >= 11 is 6.19. The number of amides is 1. The topological polar surface area (TPSA) is 68.6 Å². The van der Waals surface area contributed by atoms with Crippen LogP contribution in [-0.4, -0.2) is 49.1 Å². The lowest BCUT2D eigenvalue weighted by molar-refractivity contribution is -0.143. The Bertz CT molecular complexity index is 1210. The largest absolute Gasteiger partial charge is 0.372 e. The van der Waals surface area contributed by atoms with E-state index in [0.717, 1.165) is 0 Å². The first-order chi connectivity index (χ1) is 14.7. The van der Waals surface area contributed by atoms with E-state index in [2.05, 4.69) is 0 Å². The van der Waals surface area contributed by atoms with E-state index < -0.39 is 9.84 Å². The van der Waals surface area contributed by atoms with Gasteiger partial charge in [-0.3, -0.25) is 4.79 Å². The van der Waals surface area contributed by atoms with Crippen LogP contribution in [0.5, 0.6) is 0 Å². The van der Waals surface area contributed by atoms with Crippen molar-refractivity contribution in [3.8, 4) is 0 Å². The van der Waals surface area contributed by atoms with Crippen molar-refractivity contribution in [2.45, 2.75) is 43.2 Å². The van der Waals surface area contributed by atoms with Crippen LogP contribution in [0.4, 0.5) is 0 Å². The molecule has 0 aliphatic carbocycles. The molecule has 4 rings (SSSR count). The predicted molar refractivity (Wildman–Crippen MR) is 121 cm³/mol. The van der Waals surface area contributed by atoms with Crippen molar-refractivity contribution >= 4 is 38.2 Å². The summed E-state index contributed by atoms with van der Waals surface area (Å²) in [6.07, 6.45) is 1.52. The summed E-state index contributed by atoms with van der Waals surface area (Å²) in [6, 6.07) is 14.2. The molecule has 0 N–H and O–H groups in total. The Labute approximate surface area is 187 Å². The molecule has 0 saturated carbocycles. The number of carbonyl (C=O) groups excluding carboxylic acids is 1. The number of fused-ring (bicyclic) bond motifs is 1. The summed E-state index contributed by atoms with van der Waals surface area (Å²) in [5.74, 6) is -0.259. The lowest BCUT2D eigenvalue weighted by Gasteiger charge is -2.35. The highest BCUT2D eigenvalue weighted by Gasteiger charge is 2.27. The number of nitrogens with zero attached hydrogens (tertiary/aromatic N) is 2. The summed E-state index contributed by atoms with van der Waals surface area (Å²) in [5.41, 5.74) is 1.26. The molecule has 1 fully saturated rings. The molecule has 1 aliphatic heterocycles. The minimum absolute atomic E-state index is 0.0272. The fourth-order valence-corrected chi connectivity index (χ4v) is 6.01. The standard InChI is InChI=1S/C23H25ClN2O4S/c1-16-11-26(12-17(2)30-16)23(27)14-25-13-22(19-8-4-6-10-21(19)25)31(28,29)15-18-7-3-5-9-20(18)24/h3-10,13,16-17H,11-12,14-15H2,1-2H3. The molecule has 0 spiro atoms. The Morgan fingerprint density at radius 2 is 1.71 bits per heavy atom. The molecule has 2 unspecified atom stereocenters. The van der Waals surface area contributed by atoms with Gasteiger partial charge in [0.1, 0.15) is 6.54 Å². The number of benzene rings is 2. The van der Waals surface area contributed by atoms with E-state index in [9.17, 15) is 13.2 Å². The first-order valence-corrected chi connectivity index (χ1v) is 12.2. The number of ether oxygens (including phenoxy) is 1. The van der Waals surface area contributed by atoms with Crippen molar-refractivity contribution in [1.29, 1.82) is 0 Å². The van der Waals surface area contributed by atoms with Crippen LogP contribution in [-0.2, 0) is 31.7 Å². The number of halogens is 1. The molecule has 6 nitrogen and oxygen atoms in total. The van der Waals surface area contributed by atoms with Crippen LogP contribution in [0.2, 0.25) is 5.02 Å². The molecular weight excluding hydrogens is 436 g/mol. The van der Waals surface area contributed by atoms with Crippen molar-refractivity contribution in [1.82, 2.24) is 9.47 Å². The Balaban J connectivity index is 1.66. The molecule has 164 valence electrons. The first-order valence-electron chi connectivity index (χ1n) is 10.2. The third kappa shape index (κ3) is 4.63. The number of rotatable bonds is 5. The van der Waals surface area contributed by atoms with Gasteiger partial charge in [-0.25, -0.2) is 8.42 Å². The molecular formula is C23H25ClN2O4S. The van der Waals surface area contributed by atoms with Gasteiger partial charge < -0.3 is 14.2 Å². The Morgan fingerprint density at radius 1 is 1.06 bits per heavy atom. The van der Waals surface area contributed by atoms with Crippen LogP contribution in [0.3, 0.4) is 0 Å². The number of hydrogen-bond acceptors (Lipinski definition) is 4. The van der Waals surface area contributed by atoms with Crippen LogP contribution in [0.15, 0.2) is 59.6 Å². The Kier molecular flexibility index (Phi) is 6.10. The van der Waals surface area contributed by atoms with Crippen molar-refractivity contribution in [2.24, 2.45) is 0 Å². The SMILES string of the molecule is CC1CN(C(=O)Cn2cc(S(=O)(=O)Cc3ccccc3Cl)c3ccccc32)CC(C)O1. The molecule has 1 saturated heterocycles. The molecule has 3 aromatic rings. The van der Waals surface area contributed by atoms with Gasteiger partial charge in [-0.15, -0.1) is 0 Å². The predicted octanol–water partition coefficient (Wildman–Crippen LogP) is 3.90. The number of para-hydroxylation sites is 1. The lowest BCUT2D eigenvalue weighted by atomic mass is 10.2. The Hall–Kier alpha value is -2.35. The van der Waals surface area contributed by atoms with Gasteiger partial charge >= 0.3 is 0 Å². The van der Waals surface area contributed by atoms with Gasteiger partial charge in [0.2, 0.25) is 5.91 Å². The van der Waals surface area contributed by atoms with Gasteiger partial charge in [0, 0.05) is 35.2 Å². The van der Waals surface area contributed by atoms with E-state index in [1.54, 1.807) is 52.1 Å². The average Bonchev–Trinajstić information content (AvgIpc) is 3.08. The second kappa shape index (κ2) is 8.65. The van der Waals surface area contributed by atoms with E-state index in [1.165, 1.54) is 0 Å². The molecule has 1 aromatic heterocycles. The number of aromatic nitrogens is 1. The molecule has 2 aromatic carbocycles. The van der Waals surface area contributed by atoms with E-state index >= 15 is 0 Å². The van der Waals surface area contributed by atoms with Gasteiger partial charge in [0.05, 0.1) is 22.9 Å². The van der Waals surface area contributed by atoms with Gasteiger partial charge in [-0.05, 0) is 31.5 Å². The minimum atomic E-state index is -3.67. The lowest BCUT2D eigenvalue weighted by Crippen LogP contribution is -2.49. The molecule has 0 radical (unpaired) electrons. The quantitative estimate of drug-likeness (QED) is 0.579. The Morgan fingerprint density at radius 3 is 2.42 bits per heavy atom. The van der Waals surface area contributed by atoms with E-state index in [1.807, 2.05) is 26.0 Å². The number of sulfone groups is 1. The third-order valence-electron chi connectivity index (χ3n) is 5.47. The van der Waals surface area contributed by atoms with Crippen molar-refractivity contribution in [3.63, 3.8) is 0 Å². The second-order valence-electron chi connectivity index (χ2n) is 8.04. The maximum absolute atomic E-state index is 13.3. The van der Waals surface area contributed by atoms with E-state index in [4.69, 9.17) is 16.3 Å². The number of morpholine rings is 1. The monoisotopic (exact) mass is 460 g/mol. The maximum atomic E-state index is 13.3. The molecule has 2 heterocycles. The van der Waals surface area contributed by atoms with Gasteiger partial charge in [0.25, 0.3) is 0 Å². The van der Waals surface area contributed by atoms with Crippen molar-refractivity contribution < 1.29 is 17.9 Å². The summed E-state index contributed by atoms with van der Waals surface area (Å²) in [6.45, 7) is 5.02. The van der Waals surface area contributed by atoms with Crippen LogP contribution in [0, 0.1) is 0 Å². The second-order valence-corrected chi connectivity index (χ2v) is 10.4. The normalized spacial score (nSPS) is 19.6. The summed E-state index contributed by atoms with van der Waals surface area (Å²) in [7, 11) is -3.67. The highest BCUT2D eigenvalue weighted by Crippen LogP contribution is 2.29. The fourth-order valence-electron chi connectivity index (χ4n) is 4.12. The van der Waals surface area contributed by atoms with E-state index in [-0.39, 0.29) is 35.3 Å². The highest BCUT2D eigenvalue weighted by molar-refractivity contribution is 7.90. The third-order valence-corrected chi connectivity index (χ3v) is 7.52. The summed E-state index contributed by atoms with van der Waals surface area (Å²) in [4.78, 5) is 15.0. The molecule has 2 atom stereocenters. The number of hydrogen-bond donors (Lipinski definition) is 0. The van der Waals surface area contributed by atoms with Crippen molar-refractivity contribution in [3.05, 3.63) is 65.3 Å². The van der Waals surface area contributed by atoms with E-state index in [0.29, 0.717) is 34.6 Å². The first kappa shape index (κ1) is 21.9. The maximum Gasteiger partial charge on any atom is 0.242 e. The molecule has 0 bridgehead atoms. The number of carbonyl (C=O) groups is 1. The van der Waals surface area contributed by atoms with Crippen LogP contribution in [0.25, 0.3) is 10.9 Å². The summed E-state index contributed by atoms with van der Waals surface area (Å²) < 4.78 is 34.0. The molecule has 31 heavy (non-hydrogen) atoms. The van der Waals surface area contributed by atoms with Gasteiger partial charge in [-0.2, -0.15) is 0 Å². The summed E-state index contributed by atoms with van der Waals surface area (Å²) in [5, 5.41) is 1.02. The molecule has 1 aliphatic rings. The van der Waals surface area contributed by atoms with Crippen LogP contribution < -0.4 is 0 Å². The highest BCUT2D eigenvalue weighted by atomic mass is 35.5. The molecule has 8 heteroatoms. The van der Waals surface area contributed by atoms with Crippen LogP contribution >= 0.6 is 11.6 Å². The minimum Gasteiger partial charge on any atom is -0.372 e. The van der Waals surface area contributed by atoms with Crippen LogP contribution in [0.1, 0.15) is 19.4 Å².